The summed E-state index contributed by atoms with van der Waals surface area (Å²) < 4.78 is 5.18. The smallest absolute Gasteiger partial charge is 0.273 e. The van der Waals surface area contributed by atoms with E-state index in [1.54, 1.807) is 0 Å². The van der Waals surface area contributed by atoms with E-state index in [9.17, 15) is 4.79 Å². The molecule has 0 aliphatic heterocycles. The van der Waals surface area contributed by atoms with Crippen molar-refractivity contribution in [2.45, 2.75) is 48.0 Å². The van der Waals surface area contributed by atoms with E-state index in [1.165, 1.54) is 0 Å². The van der Waals surface area contributed by atoms with Gasteiger partial charge in [-0.3, -0.25) is 4.79 Å². The van der Waals surface area contributed by atoms with Crippen LogP contribution in [0.1, 0.15) is 56.4 Å². The van der Waals surface area contributed by atoms with Crippen molar-refractivity contribution in [2.75, 3.05) is 26.2 Å². The molecule has 1 rings (SSSR count). The molecule has 0 bridgehead atoms. The number of nitrogens with one attached hydrogen (secondary N) is 1. The Bertz CT molecular complexity index is 462. The second-order valence-electron chi connectivity index (χ2n) is 6.24. The van der Waals surface area contributed by atoms with Gasteiger partial charge < -0.3 is 14.7 Å². The van der Waals surface area contributed by atoms with Crippen molar-refractivity contribution in [3.8, 4) is 0 Å². The summed E-state index contributed by atoms with van der Waals surface area (Å²) in [5.41, 5.74) is 1.27. The summed E-state index contributed by atoms with van der Waals surface area (Å²) in [7, 11) is 0. The lowest BCUT2D eigenvalue weighted by atomic mass is 9.92. The molecule has 1 amide bonds. The first-order chi connectivity index (χ1) is 9.84. The number of aromatic nitrogens is 1. The lowest BCUT2D eigenvalue weighted by Crippen LogP contribution is -2.42. The van der Waals surface area contributed by atoms with Gasteiger partial charge in [0, 0.05) is 25.1 Å². The molecular formula is C16H29N3O2. The predicted octanol–water partition coefficient (Wildman–Crippen LogP) is 2.64. The van der Waals surface area contributed by atoms with Crippen molar-refractivity contribution in [3.63, 3.8) is 0 Å². The monoisotopic (exact) mass is 295 g/mol. The molecule has 0 atom stereocenters. The highest BCUT2D eigenvalue weighted by Gasteiger charge is 2.24. The number of amides is 1. The summed E-state index contributed by atoms with van der Waals surface area (Å²) in [6.07, 6.45) is 0.750. The van der Waals surface area contributed by atoms with Gasteiger partial charge in [0.05, 0.1) is 0 Å². The molecule has 1 heterocycles. The Kier molecular flexibility index (Phi) is 6.40. The second-order valence-corrected chi connectivity index (χ2v) is 6.24. The zero-order valence-electron chi connectivity index (χ0n) is 14.2. The van der Waals surface area contributed by atoms with Crippen molar-refractivity contribution < 1.29 is 9.32 Å². The van der Waals surface area contributed by atoms with Crippen LogP contribution in [0.5, 0.6) is 0 Å². The molecule has 0 saturated heterocycles. The normalized spacial score (nSPS) is 12.0. The van der Waals surface area contributed by atoms with E-state index in [1.807, 2.05) is 13.8 Å². The van der Waals surface area contributed by atoms with Crippen LogP contribution < -0.4 is 5.32 Å². The van der Waals surface area contributed by atoms with E-state index >= 15 is 0 Å². The van der Waals surface area contributed by atoms with Gasteiger partial charge in [-0.25, -0.2) is 0 Å². The fourth-order valence-corrected chi connectivity index (χ4v) is 2.42. The van der Waals surface area contributed by atoms with Gasteiger partial charge in [-0.2, -0.15) is 0 Å². The van der Waals surface area contributed by atoms with Crippen molar-refractivity contribution in [1.29, 1.82) is 0 Å². The maximum absolute atomic E-state index is 12.2. The van der Waals surface area contributed by atoms with E-state index in [2.05, 4.69) is 43.1 Å². The van der Waals surface area contributed by atoms with E-state index in [0.717, 1.165) is 37.4 Å². The Labute approximate surface area is 128 Å². The van der Waals surface area contributed by atoms with E-state index < -0.39 is 0 Å². The van der Waals surface area contributed by atoms with Crippen LogP contribution in [0, 0.1) is 12.3 Å². The molecule has 0 spiro atoms. The van der Waals surface area contributed by atoms with Crippen molar-refractivity contribution in [1.82, 2.24) is 15.4 Å². The second kappa shape index (κ2) is 7.59. The fraction of sp³-hybridized carbons (Fsp3) is 0.750. The Morgan fingerprint density at radius 2 is 1.90 bits per heavy atom. The molecule has 21 heavy (non-hydrogen) atoms. The molecule has 1 aromatic heterocycles. The number of carbonyl (C=O) groups excluding carboxylic acids is 1. The Morgan fingerprint density at radius 3 is 2.38 bits per heavy atom. The molecule has 120 valence electrons. The highest BCUT2D eigenvalue weighted by molar-refractivity contribution is 5.93. The third-order valence-electron chi connectivity index (χ3n) is 3.83. The maximum atomic E-state index is 12.2. The molecule has 0 aliphatic rings. The third-order valence-corrected chi connectivity index (χ3v) is 3.83. The molecule has 0 unspecified atom stereocenters. The molecule has 5 nitrogen and oxygen atoms in total. The molecule has 0 saturated carbocycles. The summed E-state index contributed by atoms with van der Waals surface area (Å²) in [5, 5.41) is 6.87. The van der Waals surface area contributed by atoms with Crippen LogP contribution >= 0.6 is 0 Å². The zero-order valence-corrected chi connectivity index (χ0v) is 14.2. The first kappa shape index (κ1) is 17.7. The zero-order chi connectivity index (χ0) is 16.0. The lowest BCUT2D eigenvalue weighted by molar-refractivity contribution is 0.0914. The molecular weight excluding hydrogens is 266 g/mol. The Balaban J connectivity index is 2.61. The van der Waals surface area contributed by atoms with Crippen LogP contribution in [0.2, 0.25) is 0 Å². The molecule has 1 aromatic rings. The van der Waals surface area contributed by atoms with Gasteiger partial charge in [0.2, 0.25) is 0 Å². The quantitative estimate of drug-likeness (QED) is 0.801. The highest BCUT2D eigenvalue weighted by atomic mass is 16.5. The van der Waals surface area contributed by atoms with Crippen LogP contribution in [-0.2, 0) is 6.42 Å². The first-order valence-electron chi connectivity index (χ1n) is 7.80. The van der Waals surface area contributed by atoms with Crippen LogP contribution in [0.15, 0.2) is 4.52 Å². The fourth-order valence-electron chi connectivity index (χ4n) is 2.42. The Hall–Kier alpha value is -1.36. The number of hydrogen-bond donors (Lipinski definition) is 1. The van der Waals surface area contributed by atoms with Gasteiger partial charge in [-0.05, 0) is 25.4 Å². The largest absolute Gasteiger partial charge is 0.360 e. The first-order valence-corrected chi connectivity index (χ1v) is 7.80. The number of nitrogens with zero attached hydrogens (tertiary/aromatic N) is 2. The van der Waals surface area contributed by atoms with Crippen molar-refractivity contribution in [3.05, 3.63) is 17.0 Å². The minimum absolute atomic E-state index is 0.0207. The van der Waals surface area contributed by atoms with Crippen LogP contribution in [0.25, 0.3) is 0 Å². The van der Waals surface area contributed by atoms with E-state index in [4.69, 9.17) is 4.52 Å². The van der Waals surface area contributed by atoms with Gasteiger partial charge in [0.25, 0.3) is 5.91 Å². The van der Waals surface area contributed by atoms with Crippen LogP contribution in [0.3, 0.4) is 0 Å². The predicted molar refractivity (Wildman–Crippen MR) is 84.5 cm³/mol. The van der Waals surface area contributed by atoms with Gasteiger partial charge >= 0.3 is 0 Å². The molecule has 1 N–H and O–H groups in total. The Morgan fingerprint density at radius 1 is 1.29 bits per heavy atom. The molecule has 0 aliphatic carbocycles. The molecule has 5 heteroatoms. The number of carbonyl (C=O) groups is 1. The standard InChI is InChI=1S/C16H29N3O2/c1-7-13-12(4)14(18-21-13)15(20)17-10-16(5,6)11-19(8-2)9-3/h7-11H2,1-6H3,(H,17,20). The molecule has 0 radical (unpaired) electrons. The number of aryl methyl sites for hydroxylation is 1. The average molecular weight is 295 g/mol. The number of rotatable bonds is 8. The number of hydrogen-bond acceptors (Lipinski definition) is 4. The van der Waals surface area contributed by atoms with Crippen molar-refractivity contribution >= 4 is 5.91 Å². The summed E-state index contributed by atoms with van der Waals surface area (Å²) in [4.78, 5) is 14.6. The summed E-state index contributed by atoms with van der Waals surface area (Å²) in [6, 6.07) is 0. The summed E-state index contributed by atoms with van der Waals surface area (Å²) >= 11 is 0. The molecule has 0 fully saturated rings. The molecule has 0 aromatic carbocycles. The van der Waals surface area contributed by atoms with Gasteiger partial charge in [0.15, 0.2) is 5.69 Å². The van der Waals surface area contributed by atoms with Crippen LogP contribution in [0.4, 0.5) is 0 Å². The summed E-state index contributed by atoms with van der Waals surface area (Å²) in [5.74, 6) is 0.631. The van der Waals surface area contributed by atoms with Gasteiger partial charge in [-0.15, -0.1) is 0 Å². The van der Waals surface area contributed by atoms with Gasteiger partial charge in [0.1, 0.15) is 5.76 Å². The van der Waals surface area contributed by atoms with E-state index in [-0.39, 0.29) is 11.3 Å². The minimum Gasteiger partial charge on any atom is -0.360 e. The highest BCUT2D eigenvalue weighted by Crippen LogP contribution is 2.17. The van der Waals surface area contributed by atoms with Crippen LogP contribution in [-0.4, -0.2) is 42.1 Å². The van der Waals surface area contributed by atoms with Gasteiger partial charge in [-0.1, -0.05) is 39.8 Å². The lowest BCUT2D eigenvalue weighted by Gasteiger charge is -2.31. The third kappa shape index (κ3) is 4.84. The SMILES string of the molecule is CCc1onc(C(=O)NCC(C)(C)CN(CC)CC)c1C. The maximum Gasteiger partial charge on any atom is 0.273 e. The van der Waals surface area contributed by atoms with E-state index in [0.29, 0.717) is 12.2 Å². The minimum atomic E-state index is -0.149. The average Bonchev–Trinajstić information content (AvgIpc) is 2.83. The van der Waals surface area contributed by atoms with Crippen molar-refractivity contribution in [2.24, 2.45) is 5.41 Å². The summed E-state index contributed by atoms with van der Waals surface area (Å²) in [6.45, 7) is 16.1. The topological polar surface area (TPSA) is 58.4 Å².